The van der Waals surface area contributed by atoms with E-state index in [1.54, 1.807) is 0 Å². The highest BCUT2D eigenvalue weighted by Crippen LogP contribution is 2.24. The van der Waals surface area contributed by atoms with Gasteiger partial charge in [0.15, 0.2) is 0 Å². The molecule has 0 atom stereocenters. The molecule has 0 heterocycles. The summed E-state index contributed by atoms with van der Waals surface area (Å²) in [5, 5.41) is 5.71. The molecule has 4 heteroatoms. The number of amides is 1. The van der Waals surface area contributed by atoms with Crippen LogP contribution in [0, 0.1) is 0 Å². The van der Waals surface area contributed by atoms with Gasteiger partial charge in [-0.1, -0.05) is 60.1 Å². The fraction of sp³-hybridized carbons (Fsp3) is 0.150. The van der Waals surface area contributed by atoms with Crippen LogP contribution in [0.5, 0.6) is 0 Å². The highest BCUT2D eigenvalue weighted by molar-refractivity contribution is 6.31. The van der Waals surface area contributed by atoms with E-state index in [1.807, 2.05) is 60.7 Å². The lowest BCUT2D eigenvalue weighted by Gasteiger charge is -2.11. The lowest BCUT2D eigenvalue weighted by molar-refractivity contribution is -0.120. The smallest absolute Gasteiger partial charge is 0.224 e. The van der Waals surface area contributed by atoms with Crippen LogP contribution in [0.4, 0.5) is 0 Å². The molecule has 3 N–H and O–H groups in total. The van der Waals surface area contributed by atoms with Gasteiger partial charge in [-0.05, 0) is 39.6 Å². The third-order valence-corrected chi connectivity index (χ3v) is 4.30. The summed E-state index contributed by atoms with van der Waals surface area (Å²) in [5.74, 6) is -0.0331. The molecular weight excluding hydrogens is 320 g/mol. The van der Waals surface area contributed by atoms with Crippen LogP contribution in [0.25, 0.3) is 10.8 Å². The summed E-state index contributed by atoms with van der Waals surface area (Å²) < 4.78 is 0. The van der Waals surface area contributed by atoms with Gasteiger partial charge in [-0.2, -0.15) is 0 Å². The van der Waals surface area contributed by atoms with E-state index in [2.05, 4.69) is 5.32 Å². The third-order valence-electron chi connectivity index (χ3n) is 4.08. The molecule has 0 saturated heterocycles. The Morgan fingerprint density at radius 1 is 0.958 bits per heavy atom. The number of nitrogens with two attached hydrogens (primary N) is 1. The number of halogens is 1. The van der Waals surface area contributed by atoms with Crippen LogP contribution < -0.4 is 11.1 Å². The summed E-state index contributed by atoms with van der Waals surface area (Å²) >= 11 is 6.17. The normalized spacial score (nSPS) is 10.8. The van der Waals surface area contributed by atoms with E-state index in [1.165, 1.54) is 0 Å². The molecule has 0 unspecified atom stereocenters. The second kappa shape index (κ2) is 7.47. The Morgan fingerprint density at radius 2 is 1.67 bits per heavy atom. The minimum atomic E-state index is -0.0331. The van der Waals surface area contributed by atoms with Gasteiger partial charge >= 0.3 is 0 Å². The second-order valence-corrected chi connectivity index (χ2v) is 6.15. The summed E-state index contributed by atoms with van der Waals surface area (Å²) in [5.41, 5.74) is 8.76. The molecule has 1 amide bonds. The topological polar surface area (TPSA) is 55.1 Å². The van der Waals surface area contributed by atoms with Crippen molar-refractivity contribution in [1.29, 1.82) is 0 Å². The molecule has 0 saturated carbocycles. The molecule has 0 aromatic heterocycles. The molecular formula is C20H19ClN2O. The van der Waals surface area contributed by atoms with Crippen LogP contribution in [-0.4, -0.2) is 5.91 Å². The molecule has 0 aliphatic rings. The van der Waals surface area contributed by atoms with Gasteiger partial charge in [0.2, 0.25) is 5.91 Å². The third kappa shape index (κ3) is 3.75. The van der Waals surface area contributed by atoms with Crippen LogP contribution in [0.3, 0.4) is 0 Å². The molecule has 0 radical (unpaired) electrons. The molecule has 0 aliphatic carbocycles. The molecule has 0 aliphatic heterocycles. The van der Waals surface area contributed by atoms with Crippen molar-refractivity contribution in [2.24, 2.45) is 5.73 Å². The Morgan fingerprint density at radius 3 is 2.46 bits per heavy atom. The molecule has 122 valence electrons. The maximum Gasteiger partial charge on any atom is 0.224 e. The highest BCUT2D eigenvalue weighted by Gasteiger charge is 2.09. The Balaban J connectivity index is 1.74. The Bertz CT molecular complexity index is 876. The Labute approximate surface area is 146 Å². The van der Waals surface area contributed by atoms with E-state index in [0.717, 1.165) is 27.5 Å². The molecule has 0 bridgehead atoms. The summed E-state index contributed by atoms with van der Waals surface area (Å²) in [4.78, 5) is 12.4. The van der Waals surface area contributed by atoms with E-state index in [0.29, 0.717) is 24.5 Å². The molecule has 3 aromatic carbocycles. The maximum atomic E-state index is 12.4. The predicted octanol–water partition coefficient (Wildman–Crippen LogP) is 3.81. The lowest BCUT2D eigenvalue weighted by Crippen LogP contribution is -2.25. The zero-order valence-corrected chi connectivity index (χ0v) is 14.0. The lowest BCUT2D eigenvalue weighted by atomic mass is 10.0. The van der Waals surface area contributed by atoms with Crippen LogP contribution in [0.2, 0.25) is 5.02 Å². The SMILES string of the molecule is NCc1ccccc1CNC(=O)Cc1cc(Cl)cc2ccccc12. The van der Waals surface area contributed by atoms with Crippen molar-refractivity contribution >= 4 is 28.3 Å². The van der Waals surface area contributed by atoms with Crippen molar-refractivity contribution in [2.75, 3.05) is 0 Å². The number of carbonyl (C=O) groups is 1. The van der Waals surface area contributed by atoms with Crippen LogP contribution in [0.15, 0.2) is 60.7 Å². The summed E-state index contributed by atoms with van der Waals surface area (Å²) in [6.07, 6.45) is 0.297. The van der Waals surface area contributed by atoms with Crippen molar-refractivity contribution in [2.45, 2.75) is 19.5 Å². The minimum absolute atomic E-state index is 0.0331. The quantitative estimate of drug-likeness (QED) is 0.743. The second-order valence-electron chi connectivity index (χ2n) is 5.71. The first kappa shape index (κ1) is 16.5. The molecule has 24 heavy (non-hydrogen) atoms. The van der Waals surface area contributed by atoms with Gasteiger partial charge in [0.1, 0.15) is 0 Å². The number of nitrogens with one attached hydrogen (secondary N) is 1. The number of benzene rings is 3. The zero-order valence-electron chi connectivity index (χ0n) is 13.3. The van der Waals surface area contributed by atoms with Gasteiger partial charge in [0, 0.05) is 18.1 Å². The fourth-order valence-electron chi connectivity index (χ4n) is 2.85. The van der Waals surface area contributed by atoms with E-state index >= 15 is 0 Å². The van der Waals surface area contributed by atoms with Gasteiger partial charge in [-0.15, -0.1) is 0 Å². The molecule has 0 spiro atoms. The first-order valence-electron chi connectivity index (χ1n) is 7.88. The highest BCUT2D eigenvalue weighted by atomic mass is 35.5. The van der Waals surface area contributed by atoms with Gasteiger partial charge in [0.25, 0.3) is 0 Å². The van der Waals surface area contributed by atoms with E-state index < -0.39 is 0 Å². The van der Waals surface area contributed by atoms with Gasteiger partial charge in [-0.25, -0.2) is 0 Å². The Hall–Kier alpha value is -2.36. The maximum absolute atomic E-state index is 12.4. The van der Waals surface area contributed by atoms with E-state index in [9.17, 15) is 4.79 Å². The largest absolute Gasteiger partial charge is 0.352 e. The van der Waals surface area contributed by atoms with Crippen molar-refractivity contribution < 1.29 is 4.79 Å². The molecule has 3 aromatic rings. The van der Waals surface area contributed by atoms with Gasteiger partial charge < -0.3 is 11.1 Å². The minimum Gasteiger partial charge on any atom is -0.352 e. The van der Waals surface area contributed by atoms with Crippen LogP contribution >= 0.6 is 11.6 Å². The van der Waals surface area contributed by atoms with E-state index in [4.69, 9.17) is 17.3 Å². The van der Waals surface area contributed by atoms with Gasteiger partial charge in [-0.3, -0.25) is 4.79 Å². The fourth-order valence-corrected chi connectivity index (χ4v) is 3.10. The first-order valence-corrected chi connectivity index (χ1v) is 8.26. The summed E-state index contributed by atoms with van der Waals surface area (Å²) in [6, 6.07) is 19.6. The predicted molar refractivity (Wildman–Crippen MR) is 98.8 cm³/mol. The standard InChI is InChI=1S/C20H19ClN2O/c21-18-9-14-5-3-4-8-19(14)17(10-18)11-20(24)23-13-16-7-2-1-6-15(16)12-22/h1-10H,11-13,22H2,(H,23,24). The van der Waals surface area contributed by atoms with Crippen molar-refractivity contribution in [3.8, 4) is 0 Å². The summed E-state index contributed by atoms with van der Waals surface area (Å²) in [7, 11) is 0. The number of hydrogen-bond acceptors (Lipinski definition) is 2. The van der Waals surface area contributed by atoms with Gasteiger partial charge in [0.05, 0.1) is 6.42 Å². The first-order chi connectivity index (χ1) is 11.7. The van der Waals surface area contributed by atoms with Crippen LogP contribution in [-0.2, 0) is 24.3 Å². The van der Waals surface area contributed by atoms with E-state index in [-0.39, 0.29) is 5.91 Å². The monoisotopic (exact) mass is 338 g/mol. The Kier molecular flexibility index (Phi) is 5.14. The van der Waals surface area contributed by atoms with Crippen molar-refractivity contribution in [1.82, 2.24) is 5.32 Å². The van der Waals surface area contributed by atoms with Crippen molar-refractivity contribution in [3.05, 3.63) is 82.4 Å². The summed E-state index contributed by atoms with van der Waals surface area (Å²) in [6.45, 7) is 0.940. The molecule has 3 nitrogen and oxygen atoms in total. The molecule has 0 fully saturated rings. The zero-order chi connectivity index (χ0) is 16.9. The van der Waals surface area contributed by atoms with Crippen molar-refractivity contribution in [3.63, 3.8) is 0 Å². The number of carbonyl (C=O) groups excluding carboxylic acids is 1. The molecule has 3 rings (SSSR count). The number of rotatable bonds is 5. The average molecular weight is 339 g/mol. The van der Waals surface area contributed by atoms with Crippen LogP contribution in [0.1, 0.15) is 16.7 Å². The number of fused-ring (bicyclic) bond motifs is 1. The number of hydrogen-bond donors (Lipinski definition) is 2. The average Bonchev–Trinajstić information content (AvgIpc) is 2.60.